The van der Waals surface area contributed by atoms with Crippen LogP contribution >= 0.6 is 0 Å². The predicted octanol–water partition coefficient (Wildman–Crippen LogP) is 4.13. The summed E-state index contributed by atoms with van der Waals surface area (Å²) in [6.07, 6.45) is 0. The second-order valence-corrected chi connectivity index (χ2v) is 6.47. The molecule has 5 nitrogen and oxygen atoms in total. The van der Waals surface area contributed by atoms with Gasteiger partial charge in [-0.2, -0.15) is 4.98 Å². The fraction of sp³-hybridized carbons (Fsp3) is 0.368. The van der Waals surface area contributed by atoms with Gasteiger partial charge in [0.05, 0.1) is 18.6 Å². The fourth-order valence-corrected chi connectivity index (χ4v) is 3.06. The second-order valence-electron chi connectivity index (χ2n) is 6.47. The number of hydrogen-bond donors (Lipinski definition) is 1. The van der Waals surface area contributed by atoms with Crippen LogP contribution in [0.2, 0.25) is 0 Å². The van der Waals surface area contributed by atoms with E-state index < -0.39 is 0 Å². The summed E-state index contributed by atoms with van der Waals surface area (Å²) >= 11 is 0. The van der Waals surface area contributed by atoms with Crippen LogP contribution in [0.4, 0.5) is 5.82 Å². The van der Waals surface area contributed by atoms with Gasteiger partial charge in [0.1, 0.15) is 17.4 Å². The molecule has 1 unspecified atom stereocenters. The van der Waals surface area contributed by atoms with Crippen molar-refractivity contribution in [3.63, 3.8) is 0 Å². The molecule has 124 valence electrons. The Morgan fingerprint density at radius 1 is 1.17 bits per heavy atom. The van der Waals surface area contributed by atoms with Crippen LogP contribution in [0.25, 0.3) is 11.1 Å². The number of hydrogen-bond acceptors (Lipinski definition) is 5. The maximum absolute atomic E-state index is 5.64. The third kappa shape index (κ3) is 2.76. The van der Waals surface area contributed by atoms with Crippen LogP contribution in [0, 0.1) is 13.8 Å². The summed E-state index contributed by atoms with van der Waals surface area (Å²) in [6, 6.07) is 10.8. The Bertz CT molecular complexity index is 883. The van der Waals surface area contributed by atoms with Gasteiger partial charge in [0.15, 0.2) is 0 Å². The SMILES string of the molecule is Cc1nc(NC(C)c2cccc(C3COC3)c2)c2cc(C)oc2n1. The van der Waals surface area contributed by atoms with Crippen molar-refractivity contribution in [1.29, 1.82) is 0 Å². The average molecular weight is 323 g/mol. The molecule has 3 heterocycles. The standard InChI is InChI=1S/C19H21N3O2/c1-11-7-17-18(21-13(3)22-19(17)24-11)20-12(2)14-5-4-6-15(8-14)16-9-23-10-16/h4-8,12,16H,9-10H2,1-3H3,(H,20,21,22). The smallest absolute Gasteiger partial charge is 0.231 e. The molecule has 0 saturated carbocycles. The van der Waals surface area contributed by atoms with E-state index in [9.17, 15) is 0 Å². The monoisotopic (exact) mass is 323 g/mol. The highest BCUT2D eigenvalue weighted by Crippen LogP contribution is 2.29. The predicted molar refractivity (Wildman–Crippen MR) is 93.3 cm³/mol. The highest BCUT2D eigenvalue weighted by atomic mass is 16.5. The van der Waals surface area contributed by atoms with Gasteiger partial charge < -0.3 is 14.5 Å². The van der Waals surface area contributed by atoms with E-state index in [2.05, 4.69) is 46.5 Å². The summed E-state index contributed by atoms with van der Waals surface area (Å²) in [6.45, 7) is 7.60. The highest BCUT2D eigenvalue weighted by Gasteiger charge is 2.21. The molecule has 0 aliphatic carbocycles. The lowest BCUT2D eigenvalue weighted by molar-refractivity contribution is 0.00839. The van der Waals surface area contributed by atoms with E-state index in [0.717, 1.165) is 30.2 Å². The number of anilines is 1. The number of aryl methyl sites for hydroxylation is 2. The third-order valence-corrected chi connectivity index (χ3v) is 4.50. The van der Waals surface area contributed by atoms with Crippen molar-refractivity contribution in [2.45, 2.75) is 32.7 Å². The molecule has 1 aliphatic rings. The largest absolute Gasteiger partial charge is 0.443 e. The van der Waals surface area contributed by atoms with E-state index >= 15 is 0 Å². The van der Waals surface area contributed by atoms with Gasteiger partial charge in [-0.3, -0.25) is 0 Å². The maximum Gasteiger partial charge on any atom is 0.231 e. The molecular formula is C19H21N3O2. The highest BCUT2D eigenvalue weighted by molar-refractivity contribution is 5.86. The average Bonchev–Trinajstić information content (AvgIpc) is 2.86. The van der Waals surface area contributed by atoms with E-state index in [1.165, 1.54) is 11.1 Å². The normalized spacial score (nSPS) is 16.1. The maximum atomic E-state index is 5.64. The number of ether oxygens (including phenoxy) is 1. The zero-order chi connectivity index (χ0) is 16.7. The third-order valence-electron chi connectivity index (χ3n) is 4.50. The summed E-state index contributed by atoms with van der Waals surface area (Å²) in [7, 11) is 0. The van der Waals surface area contributed by atoms with Gasteiger partial charge in [0.25, 0.3) is 0 Å². The van der Waals surface area contributed by atoms with Crippen molar-refractivity contribution in [3.05, 3.63) is 53.0 Å². The van der Waals surface area contributed by atoms with Gasteiger partial charge >= 0.3 is 0 Å². The van der Waals surface area contributed by atoms with Crippen LogP contribution in [0.1, 0.15) is 41.6 Å². The Balaban J connectivity index is 1.63. The van der Waals surface area contributed by atoms with E-state index in [0.29, 0.717) is 17.5 Å². The van der Waals surface area contributed by atoms with Crippen LogP contribution in [0.3, 0.4) is 0 Å². The summed E-state index contributed by atoms with van der Waals surface area (Å²) in [5.41, 5.74) is 3.22. The molecule has 2 aromatic heterocycles. The fourth-order valence-electron chi connectivity index (χ4n) is 3.06. The van der Waals surface area contributed by atoms with E-state index in [1.807, 2.05) is 19.9 Å². The first-order valence-electron chi connectivity index (χ1n) is 8.29. The number of rotatable bonds is 4. The van der Waals surface area contributed by atoms with Crippen molar-refractivity contribution < 1.29 is 9.15 Å². The van der Waals surface area contributed by atoms with Crippen LogP contribution in [-0.4, -0.2) is 23.2 Å². The van der Waals surface area contributed by atoms with Gasteiger partial charge in [-0.05, 0) is 38.0 Å². The first kappa shape index (κ1) is 15.1. The number of nitrogens with zero attached hydrogens (tertiary/aromatic N) is 2. The number of nitrogens with one attached hydrogen (secondary N) is 1. The molecule has 5 heteroatoms. The first-order valence-corrected chi connectivity index (χ1v) is 8.29. The molecule has 1 N–H and O–H groups in total. The van der Waals surface area contributed by atoms with Gasteiger partial charge in [0.2, 0.25) is 5.71 Å². The minimum Gasteiger partial charge on any atom is -0.443 e. The minimum atomic E-state index is 0.138. The Kier molecular flexibility index (Phi) is 3.73. The zero-order valence-corrected chi connectivity index (χ0v) is 14.2. The van der Waals surface area contributed by atoms with Crippen molar-refractivity contribution in [2.24, 2.45) is 0 Å². The number of furan rings is 1. The lowest BCUT2D eigenvalue weighted by Crippen LogP contribution is -2.25. The lowest BCUT2D eigenvalue weighted by Gasteiger charge is -2.27. The van der Waals surface area contributed by atoms with Crippen LogP contribution in [0.5, 0.6) is 0 Å². The lowest BCUT2D eigenvalue weighted by atomic mass is 9.94. The zero-order valence-electron chi connectivity index (χ0n) is 14.2. The molecule has 3 aromatic rings. The Hall–Kier alpha value is -2.40. The second kappa shape index (κ2) is 5.91. The van der Waals surface area contributed by atoms with Crippen molar-refractivity contribution in [3.8, 4) is 0 Å². The van der Waals surface area contributed by atoms with Crippen LogP contribution in [0.15, 0.2) is 34.7 Å². The first-order chi connectivity index (χ1) is 11.6. The van der Waals surface area contributed by atoms with Crippen molar-refractivity contribution in [2.75, 3.05) is 18.5 Å². The molecule has 24 heavy (non-hydrogen) atoms. The molecule has 1 saturated heterocycles. The summed E-state index contributed by atoms with van der Waals surface area (Å²) in [5.74, 6) is 2.89. The minimum absolute atomic E-state index is 0.138. The topological polar surface area (TPSA) is 60.2 Å². The summed E-state index contributed by atoms with van der Waals surface area (Å²) < 4.78 is 11.0. The van der Waals surface area contributed by atoms with Gasteiger partial charge in [0, 0.05) is 12.0 Å². The van der Waals surface area contributed by atoms with Gasteiger partial charge in [-0.15, -0.1) is 0 Å². The summed E-state index contributed by atoms with van der Waals surface area (Å²) in [4.78, 5) is 8.92. The van der Waals surface area contributed by atoms with E-state index in [4.69, 9.17) is 9.15 Å². The molecule has 4 rings (SSSR count). The molecule has 1 aliphatic heterocycles. The van der Waals surface area contributed by atoms with Gasteiger partial charge in [-0.25, -0.2) is 4.98 Å². The Labute approximate surface area is 141 Å². The molecule has 0 amide bonds. The van der Waals surface area contributed by atoms with Crippen LogP contribution < -0.4 is 5.32 Å². The van der Waals surface area contributed by atoms with Crippen molar-refractivity contribution >= 4 is 16.9 Å². The number of aromatic nitrogens is 2. The number of benzene rings is 1. The molecule has 0 radical (unpaired) electrons. The van der Waals surface area contributed by atoms with Crippen LogP contribution in [-0.2, 0) is 4.74 Å². The molecule has 1 atom stereocenters. The van der Waals surface area contributed by atoms with Gasteiger partial charge in [-0.1, -0.05) is 24.3 Å². The quantitative estimate of drug-likeness (QED) is 0.782. The molecular weight excluding hydrogens is 302 g/mol. The number of fused-ring (bicyclic) bond motifs is 1. The Morgan fingerprint density at radius 2 is 2.00 bits per heavy atom. The molecule has 0 bridgehead atoms. The molecule has 0 spiro atoms. The summed E-state index contributed by atoms with van der Waals surface area (Å²) in [5, 5.41) is 4.44. The van der Waals surface area contributed by atoms with Crippen molar-refractivity contribution in [1.82, 2.24) is 9.97 Å². The Morgan fingerprint density at radius 3 is 2.75 bits per heavy atom. The van der Waals surface area contributed by atoms with E-state index in [1.54, 1.807) is 0 Å². The molecule has 1 fully saturated rings. The van der Waals surface area contributed by atoms with E-state index in [-0.39, 0.29) is 6.04 Å². The molecule has 1 aromatic carbocycles.